The standard InChI is InChI=1S/C17H20FN/c1-3-7-17(14-8-5-4-6-9-14)19-15-11-10-13(2)16(18)12-15/h4-6,8-12,17,19H,3,7H2,1-2H3. The second-order valence-corrected chi connectivity index (χ2v) is 4.86. The van der Waals surface area contributed by atoms with E-state index in [2.05, 4.69) is 24.4 Å². The predicted molar refractivity (Wildman–Crippen MR) is 78.9 cm³/mol. The number of aryl methyl sites for hydroxylation is 1. The van der Waals surface area contributed by atoms with Gasteiger partial charge >= 0.3 is 0 Å². The Morgan fingerprint density at radius 2 is 1.84 bits per heavy atom. The van der Waals surface area contributed by atoms with Crippen molar-refractivity contribution in [1.82, 2.24) is 0 Å². The summed E-state index contributed by atoms with van der Waals surface area (Å²) in [5, 5.41) is 3.42. The first-order chi connectivity index (χ1) is 9.20. The Hall–Kier alpha value is -1.83. The third-order valence-corrected chi connectivity index (χ3v) is 3.29. The van der Waals surface area contributed by atoms with Gasteiger partial charge in [0.1, 0.15) is 5.82 Å². The van der Waals surface area contributed by atoms with Gasteiger partial charge in [0.2, 0.25) is 0 Å². The minimum absolute atomic E-state index is 0.159. The van der Waals surface area contributed by atoms with Gasteiger partial charge in [-0.1, -0.05) is 49.7 Å². The SMILES string of the molecule is CCCC(Nc1ccc(C)c(F)c1)c1ccccc1. The van der Waals surface area contributed by atoms with Crippen molar-refractivity contribution in [3.05, 3.63) is 65.5 Å². The number of anilines is 1. The van der Waals surface area contributed by atoms with E-state index in [4.69, 9.17) is 0 Å². The molecule has 2 rings (SSSR count). The van der Waals surface area contributed by atoms with Crippen LogP contribution < -0.4 is 5.32 Å². The van der Waals surface area contributed by atoms with Gasteiger partial charge in [-0.3, -0.25) is 0 Å². The van der Waals surface area contributed by atoms with Crippen LogP contribution in [0.1, 0.15) is 36.9 Å². The van der Waals surface area contributed by atoms with Crippen molar-refractivity contribution in [2.45, 2.75) is 32.7 Å². The molecular weight excluding hydrogens is 237 g/mol. The minimum atomic E-state index is -0.159. The molecule has 0 spiro atoms. The molecule has 1 unspecified atom stereocenters. The van der Waals surface area contributed by atoms with Crippen LogP contribution in [-0.2, 0) is 0 Å². The zero-order valence-corrected chi connectivity index (χ0v) is 11.5. The van der Waals surface area contributed by atoms with E-state index in [1.807, 2.05) is 30.3 Å². The quantitative estimate of drug-likeness (QED) is 0.787. The molecule has 0 radical (unpaired) electrons. The lowest BCUT2D eigenvalue weighted by Gasteiger charge is -2.20. The Balaban J connectivity index is 2.19. The molecule has 2 aromatic rings. The highest BCUT2D eigenvalue weighted by molar-refractivity contribution is 5.47. The van der Waals surface area contributed by atoms with Crippen LogP contribution in [0.15, 0.2) is 48.5 Å². The number of hydrogen-bond acceptors (Lipinski definition) is 1. The van der Waals surface area contributed by atoms with Gasteiger partial charge < -0.3 is 5.32 Å². The number of hydrogen-bond donors (Lipinski definition) is 1. The van der Waals surface area contributed by atoms with Crippen LogP contribution in [0.4, 0.5) is 10.1 Å². The minimum Gasteiger partial charge on any atom is -0.378 e. The first kappa shape index (κ1) is 13.6. The van der Waals surface area contributed by atoms with Gasteiger partial charge in [0.15, 0.2) is 0 Å². The molecule has 1 nitrogen and oxygen atoms in total. The maximum absolute atomic E-state index is 13.6. The topological polar surface area (TPSA) is 12.0 Å². The first-order valence-electron chi connectivity index (χ1n) is 6.78. The third kappa shape index (κ3) is 3.57. The number of nitrogens with one attached hydrogen (secondary N) is 1. The molecule has 0 aliphatic rings. The van der Waals surface area contributed by atoms with E-state index >= 15 is 0 Å². The molecule has 19 heavy (non-hydrogen) atoms. The van der Waals surface area contributed by atoms with Crippen LogP contribution in [0.3, 0.4) is 0 Å². The fourth-order valence-corrected chi connectivity index (χ4v) is 2.18. The summed E-state index contributed by atoms with van der Waals surface area (Å²) in [5.41, 5.74) is 2.76. The summed E-state index contributed by atoms with van der Waals surface area (Å²) >= 11 is 0. The van der Waals surface area contributed by atoms with Crippen molar-refractivity contribution < 1.29 is 4.39 Å². The zero-order valence-electron chi connectivity index (χ0n) is 11.5. The molecule has 2 heteroatoms. The van der Waals surface area contributed by atoms with Gasteiger partial charge in [0, 0.05) is 5.69 Å². The lowest BCUT2D eigenvalue weighted by molar-refractivity contribution is 0.617. The molecular formula is C17H20FN. The molecule has 1 atom stereocenters. The fraction of sp³-hybridized carbons (Fsp3) is 0.294. The van der Waals surface area contributed by atoms with Crippen LogP contribution in [0.25, 0.3) is 0 Å². The van der Waals surface area contributed by atoms with Crippen molar-refractivity contribution in [3.8, 4) is 0 Å². The largest absolute Gasteiger partial charge is 0.378 e. The van der Waals surface area contributed by atoms with E-state index in [1.165, 1.54) is 5.56 Å². The van der Waals surface area contributed by atoms with Crippen molar-refractivity contribution in [3.63, 3.8) is 0 Å². The van der Waals surface area contributed by atoms with Gasteiger partial charge in [-0.05, 0) is 36.6 Å². The highest BCUT2D eigenvalue weighted by Crippen LogP contribution is 2.24. The van der Waals surface area contributed by atoms with Crippen molar-refractivity contribution in [2.24, 2.45) is 0 Å². The van der Waals surface area contributed by atoms with E-state index in [9.17, 15) is 4.39 Å². The molecule has 0 aromatic heterocycles. The first-order valence-corrected chi connectivity index (χ1v) is 6.78. The van der Waals surface area contributed by atoms with Gasteiger partial charge in [-0.15, -0.1) is 0 Å². The van der Waals surface area contributed by atoms with Gasteiger partial charge in [0.05, 0.1) is 6.04 Å². The van der Waals surface area contributed by atoms with E-state index in [0.717, 1.165) is 18.5 Å². The fourth-order valence-electron chi connectivity index (χ4n) is 2.18. The molecule has 100 valence electrons. The molecule has 0 aliphatic heterocycles. The Morgan fingerprint density at radius 3 is 2.47 bits per heavy atom. The summed E-state index contributed by atoms with van der Waals surface area (Å²) in [6.45, 7) is 3.94. The van der Waals surface area contributed by atoms with E-state index in [-0.39, 0.29) is 11.9 Å². The summed E-state index contributed by atoms with van der Waals surface area (Å²) < 4.78 is 13.6. The number of rotatable bonds is 5. The van der Waals surface area contributed by atoms with Crippen LogP contribution in [0.2, 0.25) is 0 Å². The molecule has 2 aromatic carbocycles. The van der Waals surface area contributed by atoms with Crippen molar-refractivity contribution in [2.75, 3.05) is 5.32 Å². The summed E-state index contributed by atoms with van der Waals surface area (Å²) in [4.78, 5) is 0. The summed E-state index contributed by atoms with van der Waals surface area (Å²) in [6.07, 6.45) is 2.11. The molecule has 0 fully saturated rings. The monoisotopic (exact) mass is 257 g/mol. The Morgan fingerprint density at radius 1 is 1.11 bits per heavy atom. The summed E-state index contributed by atoms with van der Waals surface area (Å²) in [6, 6.07) is 15.9. The lowest BCUT2D eigenvalue weighted by atomic mass is 10.0. The van der Waals surface area contributed by atoms with Crippen molar-refractivity contribution >= 4 is 5.69 Å². The Labute approximate surface area is 114 Å². The molecule has 0 saturated carbocycles. The number of benzene rings is 2. The highest BCUT2D eigenvalue weighted by Gasteiger charge is 2.10. The van der Waals surface area contributed by atoms with Gasteiger partial charge in [-0.2, -0.15) is 0 Å². The van der Waals surface area contributed by atoms with Gasteiger partial charge in [-0.25, -0.2) is 4.39 Å². The van der Waals surface area contributed by atoms with E-state index in [1.54, 1.807) is 13.0 Å². The summed E-state index contributed by atoms with van der Waals surface area (Å²) in [7, 11) is 0. The van der Waals surface area contributed by atoms with Crippen LogP contribution >= 0.6 is 0 Å². The Bertz CT molecular complexity index is 522. The molecule has 0 heterocycles. The molecule has 0 aliphatic carbocycles. The zero-order chi connectivity index (χ0) is 13.7. The molecule has 0 saturated heterocycles. The lowest BCUT2D eigenvalue weighted by Crippen LogP contribution is -2.10. The summed E-state index contributed by atoms with van der Waals surface area (Å²) in [5.74, 6) is -0.159. The third-order valence-electron chi connectivity index (χ3n) is 3.29. The van der Waals surface area contributed by atoms with E-state index < -0.39 is 0 Å². The van der Waals surface area contributed by atoms with Crippen LogP contribution in [0, 0.1) is 12.7 Å². The van der Waals surface area contributed by atoms with Crippen LogP contribution in [-0.4, -0.2) is 0 Å². The maximum Gasteiger partial charge on any atom is 0.128 e. The average Bonchev–Trinajstić information content (AvgIpc) is 2.43. The second-order valence-electron chi connectivity index (χ2n) is 4.86. The van der Waals surface area contributed by atoms with E-state index in [0.29, 0.717) is 5.56 Å². The van der Waals surface area contributed by atoms with Crippen molar-refractivity contribution in [1.29, 1.82) is 0 Å². The predicted octanol–water partition coefficient (Wildman–Crippen LogP) is 5.09. The number of halogens is 1. The smallest absolute Gasteiger partial charge is 0.128 e. The molecule has 1 N–H and O–H groups in total. The molecule has 0 amide bonds. The molecule has 0 bridgehead atoms. The average molecular weight is 257 g/mol. The Kier molecular flexibility index (Phi) is 4.56. The normalized spacial score (nSPS) is 12.2. The highest BCUT2D eigenvalue weighted by atomic mass is 19.1. The second kappa shape index (κ2) is 6.37. The van der Waals surface area contributed by atoms with Gasteiger partial charge in [0.25, 0.3) is 0 Å². The van der Waals surface area contributed by atoms with Crippen LogP contribution in [0.5, 0.6) is 0 Å². The maximum atomic E-state index is 13.6.